The van der Waals surface area contributed by atoms with Crippen LogP contribution in [0.4, 0.5) is 0 Å². The molecular weight excluding hydrogens is 508 g/mol. The van der Waals surface area contributed by atoms with Crippen LogP contribution in [0.5, 0.6) is 0 Å². The molecule has 9 heteroatoms. The number of fused-ring (bicyclic) bond motifs is 9. The van der Waals surface area contributed by atoms with Crippen molar-refractivity contribution in [3.8, 4) is 5.69 Å². The van der Waals surface area contributed by atoms with Gasteiger partial charge in [0.1, 0.15) is 0 Å². The molecule has 188 valence electrons. The van der Waals surface area contributed by atoms with Crippen LogP contribution in [0.2, 0.25) is 0 Å². The Balaban J connectivity index is 1.35. The maximum atomic E-state index is 13.5. The summed E-state index contributed by atoms with van der Waals surface area (Å²) in [6.07, 6.45) is 0.580. The zero-order valence-electron chi connectivity index (χ0n) is 19.7. The van der Waals surface area contributed by atoms with Gasteiger partial charge in [-0.2, -0.15) is 0 Å². The molecule has 3 aromatic rings. The number of benzene rings is 2. The molecule has 0 radical (unpaired) electrons. The SMILES string of the molecule is O=C(O)CCN1C(=O)[C@H]2[C@H]3C[C@@H]([C@@H]2C1=O)[C@H]1[C@@H](c2ccccc2)c2sc(=O)n(-c4ccccc4)c2S[C@H]31. The highest BCUT2D eigenvalue weighted by molar-refractivity contribution is 8.00. The van der Waals surface area contributed by atoms with Crippen LogP contribution in [0.3, 0.4) is 0 Å². The molecule has 1 saturated heterocycles. The Kier molecular flexibility index (Phi) is 5.23. The van der Waals surface area contributed by atoms with Crippen LogP contribution in [0.1, 0.15) is 29.2 Å². The van der Waals surface area contributed by atoms with Gasteiger partial charge < -0.3 is 5.11 Å². The van der Waals surface area contributed by atoms with Gasteiger partial charge in [-0.3, -0.25) is 28.6 Å². The summed E-state index contributed by atoms with van der Waals surface area (Å²) in [7, 11) is 0. The van der Waals surface area contributed by atoms with Crippen LogP contribution in [-0.4, -0.2) is 44.2 Å². The van der Waals surface area contributed by atoms with Crippen LogP contribution >= 0.6 is 23.1 Å². The van der Waals surface area contributed by atoms with Crippen LogP contribution in [0.15, 0.2) is 70.5 Å². The first kappa shape index (κ1) is 23.0. The lowest BCUT2D eigenvalue weighted by Gasteiger charge is -2.43. The molecule has 0 unspecified atom stereocenters. The molecule has 2 aliphatic heterocycles. The van der Waals surface area contributed by atoms with Gasteiger partial charge in [0.2, 0.25) is 11.8 Å². The van der Waals surface area contributed by atoms with E-state index in [0.29, 0.717) is 0 Å². The van der Waals surface area contributed by atoms with Crippen molar-refractivity contribution in [1.29, 1.82) is 0 Å². The van der Waals surface area contributed by atoms with E-state index in [2.05, 4.69) is 12.1 Å². The van der Waals surface area contributed by atoms with Crippen LogP contribution in [0, 0.1) is 29.6 Å². The Morgan fingerprint density at radius 1 is 0.919 bits per heavy atom. The van der Waals surface area contributed by atoms with Gasteiger partial charge in [0.25, 0.3) is 0 Å². The van der Waals surface area contributed by atoms with Crippen LogP contribution in [0.25, 0.3) is 5.69 Å². The first-order valence-corrected chi connectivity index (χ1v) is 14.2. The minimum atomic E-state index is -1.02. The van der Waals surface area contributed by atoms with E-state index < -0.39 is 17.8 Å². The monoisotopic (exact) mass is 532 g/mol. The quantitative estimate of drug-likeness (QED) is 0.502. The van der Waals surface area contributed by atoms with E-state index >= 15 is 0 Å². The number of imide groups is 1. The normalized spacial score (nSPS) is 31.4. The van der Waals surface area contributed by atoms with Gasteiger partial charge in [0.05, 0.1) is 29.0 Å². The Morgan fingerprint density at radius 2 is 1.57 bits per heavy atom. The van der Waals surface area contributed by atoms with Crippen molar-refractivity contribution in [2.75, 3.05) is 6.54 Å². The predicted molar refractivity (Wildman–Crippen MR) is 139 cm³/mol. The number of rotatable bonds is 5. The van der Waals surface area contributed by atoms with Crippen molar-refractivity contribution < 1.29 is 19.5 Å². The Morgan fingerprint density at radius 3 is 2.24 bits per heavy atom. The van der Waals surface area contributed by atoms with Gasteiger partial charge in [0, 0.05) is 22.6 Å². The van der Waals surface area contributed by atoms with Gasteiger partial charge >= 0.3 is 10.8 Å². The first-order chi connectivity index (χ1) is 18.0. The number of aliphatic carboxylic acids is 1. The van der Waals surface area contributed by atoms with E-state index in [9.17, 15) is 19.2 Å². The first-order valence-electron chi connectivity index (χ1n) is 12.6. The van der Waals surface area contributed by atoms with Crippen LogP contribution in [-0.2, 0) is 14.4 Å². The molecule has 3 fully saturated rings. The maximum Gasteiger partial charge on any atom is 0.312 e. The van der Waals surface area contributed by atoms with Crippen molar-refractivity contribution in [1.82, 2.24) is 9.47 Å². The molecule has 4 aliphatic rings. The number of carboxylic acid groups (broad SMARTS) is 1. The van der Waals surface area contributed by atoms with Gasteiger partial charge in [-0.15, -0.1) is 11.8 Å². The van der Waals surface area contributed by atoms with E-state index in [-0.39, 0.29) is 58.6 Å². The zero-order chi connectivity index (χ0) is 25.4. The van der Waals surface area contributed by atoms with E-state index in [1.807, 2.05) is 48.5 Å². The summed E-state index contributed by atoms with van der Waals surface area (Å²) < 4.78 is 1.81. The largest absolute Gasteiger partial charge is 0.481 e. The fraction of sp³-hybridized carbons (Fsp3) is 0.357. The predicted octanol–water partition coefficient (Wildman–Crippen LogP) is 3.85. The maximum absolute atomic E-state index is 13.5. The number of amides is 2. The number of hydrogen-bond donors (Lipinski definition) is 1. The highest BCUT2D eigenvalue weighted by Gasteiger charge is 2.69. The lowest BCUT2D eigenvalue weighted by Crippen LogP contribution is -2.43. The summed E-state index contributed by atoms with van der Waals surface area (Å²) in [6.45, 7) is -0.0646. The number of carbonyl (C=O) groups excluding carboxylic acids is 2. The number of hydrogen-bond acceptors (Lipinski definition) is 6. The molecule has 2 aliphatic carbocycles. The van der Waals surface area contributed by atoms with Crippen molar-refractivity contribution in [3.05, 3.63) is 80.8 Å². The van der Waals surface area contributed by atoms with Crippen molar-refractivity contribution in [2.24, 2.45) is 29.6 Å². The molecule has 7 nitrogen and oxygen atoms in total. The molecule has 2 saturated carbocycles. The van der Waals surface area contributed by atoms with Gasteiger partial charge in [-0.1, -0.05) is 59.9 Å². The minimum Gasteiger partial charge on any atom is -0.481 e. The van der Waals surface area contributed by atoms with Crippen molar-refractivity contribution in [3.63, 3.8) is 0 Å². The van der Waals surface area contributed by atoms with Gasteiger partial charge in [-0.05, 0) is 41.9 Å². The molecule has 1 aromatic heterocycles. The van der Waals surface area contributed by atoms with Gasteiger partial charge in [-0.25, -0.2) is 0 Å². The fourth-order valence-electron chi connectivity index (χ4n) is 7.40. The molecule has 2 bridgehead atoms. The zero-order valence-corrected chi connectivity index (χ0v) is 21.4. The molecular formula is C28H24N2O5S2. The van der Waals surface area contributed by atoms with Gasteiger partial charge in [0.15, 0.2) is 0 Å². The molecule has 0 spiro atoms. The molecule has 2 aromatic carbocycles. The average Bonchev–Trinajstić information content (AvgIpc) is 3.62. The van der Waals surface area contributed by atoms with Crippen LogP contribution < -0.4 is 4.87 Å². The molecule has 2 amide bonds. The summed E-state index contributed by atoms with van der Waals surface area (Å²) in [5, 5.41) is 10.2. The third-order valence-electron chi connectivity index (χ3n) is 8.68. The molecule has 7 atom stereocenters. The molecule has 37 heavy (non-hydrogen) atoms. The molecule has 1 N–H and O–H groups in total. The smallest absolute Gasteiger partial charge is 0.312 e. The second-order valence-electron chi connectivity index (χ2n) is 10.3. The number of thiazole rings is 1. The lowest BCUT2D eigenvalue weighted by atomic mass is 9.68. The molecule has 3 heterocycles. The van der Waals surface area contributed by atoms with Crippen molar-refractivity contribution in [2.45, 2.75) is 29.0 Å². The summed E-state index contributed by atoms with van der Waals surface area (Å²) in [4.78, 5) is 53.6. The van der Waals surface area contributed by atoms with E-state index in [1.54, 1.807) is 16.3 Å². The highest BCUT2D eigenvalue weighted by atomic mass is 32.2. The number of para-hydroxylation sites is 1. The summed E-state index contributed by atoms with van der Waals surface area (Å²) >= 11 is 2.99. The highest BCUT2D eigenvalue weighted by Crippen LogP contribution is 2.68. The third kappa shape index (κ3) is 3.26. The fourth-order valence-corrected chi connectivity index (χ4v) is 10.6. The molecule has 7 rings (SSSR count). The number of thioether (sulfide) groups is 1. The van der Waals surface area contributed by atoms with Crippen molar-refractivity contribution >= 4 is 40.9 Å². The van der Waals surface area contributed by atoms with E-state index in [4.69, 9.17) is 5.11 Å². The topological polar surface area (TPSA) is 96.7 Å². The standard InChI is InChI=1S/C28H24N2O5S2/c31-18(32)11-12-29-25(33)21-16-13-17(22(21)26(29)34)23-20(16)19(14-7-3-1-4-8-14)24-27(36-23)30(28(35)37-24)15-9-5-2-6-10-15/h1-10,16-17,19-23H,11-13H2,(H,31,32)/t16-,17-,19-,20+,21+,22+,23-/m1/s1. The number of carbonyl (C=O) groups is 3. The number of aromatic nitrogens is 1. The average molecular weight is 533 g/mol. The second kappa shape index (κ2) is 8.43. The number of carboxylic acids is 1. The Labute approximate surface area is 221 Å². The number of likely N-dealkylation sites (tertiary alicyclic amines) is 1. The Hall–Kier alpha value is -3.17. The third-order valence-corrected chi connectivity index (χ3v) is 11.4. The van der Waals surface area contributed by atoms with E-state index in [0.717, 1.165) is 27.6 Å². The summed E-state index contributed by atoms with van der Waals surface area (Å²) in [6, 6.07) is 19.9. The summed E-state index contributed by atoms with van der Waals surface area (Å²) in [5.74, 6) is -2.08. The number of nitrogens with zero attached hydrogens (tertiary/aromatic N) is 2. The minimum absolute atomic E-state index is 0.0230. The summed E-state index contributed by atoms with van der Waals surface area (Å²) in [5.41, 5.74) is 1.96. The van der Waals surface area contributed by atoms with E-state index in [1.165, 1.54) is 16.2 Å². The lowest BCUT2D eigenvalue weighted by molar-refractivity contribution is -0.142. The Bertz CT molecular complexity index is 1480. The second-order valence-corrected chi connectivity index (χ2v) is 12.5.